The molecule has 2 N–H and O–H groups in total. The number of rotatable bonds is 6. The SMILES string of the molecule is CNC(=O)[C@@H]1[C@@H]2C=C[C@]3(O2)[C@@H]1C(=O)N(C1CC1)[C@@H]3C(=O)NCc1ccc(OC)cc1. The molecule has 0 aromatic heterocycles. The van der Waals surface area contributed by atoms with Gasteiger partial charge in [0.05, 0.1) is 25.0 Å². The van der Waals surface area contributed by atoms with Gasteiger partial charge in [-0.3, -0.25) is 14.4 Å². The predicted octanol–water partition coefficient (Wildman–Crippen LogP) is 0.370. The Balaban J connectivity index is 1.41. The van der Waals surface area contributed by atoms with E-state index in [1.807, 2.05) is 36.4 Å². The van der Waals surface area contributed by atoms with Crippen molar-refractivity contribution in [1.29, 1.82) is 0 Å². The number of fused-ring (bicyclic) bond motifs is 1. The molecule has 8 heteroatoms. The molecular formula is C22H25N3O5. The van der Waals surface area contributed by atoms with Crippen LogP contribution in [-0.2, 0) is 25.7 Å². The molecule has 1 spiro atoms. The molecular weight excluding hydrogens is 386 g/mol. The Morgan fingerprint density at radius 1 is 1.23 bits per heavy atom. The lowest BCUT2D eigenvalue weighted by molar-refractivity contribution is -0.142. The molecule has 2 saturated heterocycles. The minimum Gasteiger partial charge on any atom is -0.497 e. The normalized spacial score (nSPS) is 33.5. The summed E-state index contributed by atoms with van der Waals surface area (Å²) in [7, 11) is 3.16. The molecule has 3 heterocycles. The molecule has 1 aliphatic carbocycles. The average Bonchev–Trinajstić information content (AvgIpc) is 3.36. The number of carbonyl (C=O) groups excluding carboxylic acids is 3. The van der Waals surface area contributed by atoms with E-state index in [2.05, 4.69) is 10.6 Å². The summed E-state index contributed by atoms with van der Waals surface area (Å²) in [6, 6.07) is 6.72. The molecule has 3 fully saturated rings. The zero-order valence-electron chi connectivity index (χ0n) is 17.0. The van der Waals surface area contributed by atoms with Crippen LogP contribution in [0.3, 0.4) is 0 Å². The smallest absolute Gasteiger partial charge is 0.246 e. The van der Waals surface area contributed by atoms with Crippen LogP contribution in [0, 0.1) is 11.8 Å². The van der Waals surface area contributed by atoms with E-state index in [-0.39, 0.29) is 23.8 Å². The second kappa shape index (κ2) is 6.84. The van der Waals surface area contributed by atoms with Crippen molar-refractivity contribution in [2.24, 2.45) is 11.8 Å². The Morgan fingerprint density at radius 2 is 1.97 bits per heavy atom. The van der Waals surface area contributed by atoms with Gasteiger partial charge in [-0.2, -0.15) is 0 Å². The molecule has 158 valence electrons. The Morgan fingerprint density at radius 3 is 2.60 bits per heavy atom. The Kier molecular flexibility index (Phi) is 4.36. The average molecular weight is 411 g/mol. The number of nitrogens with one attached hydrogen (secondary N) is 2. The molecule has 3 aliphatic heterocycles. The van der Waals surface area contributed by atoms with Crippen molar-refractivity contribution in [1.82, 2.24) is 15.5 Å². The van der Waals surface area contributed by atoms with Gasteiger partial charge >= 0.3 is 0 Å². The zero-order chi connectivity index (χ0) is 21.0. The number of likely N-dealkylation sites (tertiary alicyclic amines) is 1. The Labute approximate surface area is 174 Å². The van der Waals surface area contributed by atoms with Gasteiger partial charge in [-0.25, -0.2) is 0 Å². The summed E-state index contributed by atoms with van der Waals surface area (Å²) in [6.45, 7) is 0.332. The van der Waals surface area contributed by atoms with Crippen molar-refractivity contribution in [3.8, 4) is 5.75 Å². The molecule has 8 nitrogen and oxygen atoms in total. The third-order valence-electron chi connectivity index (χ3n) is 6.68. The fraction of sp³-hybridized carbons (Fsp3) is 0.500. The number of methoxy groups -OCH3 is 1. The molecule has 3 amide bonds. The zero-order valence-corrected chi connectivity index (χ0v) is 17.0. The van der Waals surface area contributed by atoms with Crippen molar-refractivity contribution in [3.05, 3.63) is 42.0 Å². The van der Waals surface area contributed by atoms with Crippen LogP contribution in [0.15, 0.2) is 36.4 Å². The van der Waals surface area contributed by atoms with Crippen LogP contribution < -0.4 is 15.4 Å². The highest BCUT2D eigenvalue weighted by molar-refractivity contribution is 6.00. The summed E-state index contributed by atoms with van der Waals surface area (Å²) in [5.41, 5.74) is -0.151. The third-order valence-corrected chi connectivity index (χ3v) is 6.68. The molecule has 5 rings (SSSR count). The number of amides is 3. The second-order valence-electron chi connectivity index (χ2n) is 8.36. The van der Waals surface area contributed by atoms with Gasteiger partial charge in [-0.05, 0) is 30.5 Å². The van der Waals surface area contributed by atoms with E-state index < -0.39 is 29.6 Å². The van der Waals surface area contributed by atoms with E-state index in [1.54, 1.807) is 19.1 Å². The Bertz CT molecular complexity index is 925. The Hall–Kier alpha value is -2.87. The lowest BCUT2D eigenvalue weighted by Crippen LogP contribution is -2.55. The van der Waals surface area contributed by atoms with Gasteiger partial charge in [0.1, 0.15) is 17.4 Å². The van der Waals surface area contributed by atoms with Crippen molar-refractivity contribution < 1.29 is 23.9 Å². The van der Waals surface area contributed by atoms with Crippen molar-refractivity contribution in [3.63, 3.8) is 0 Å². The lowest BCUT2D eigenvalue weighted by atomic mass is 9.74. The number of hydrogen-bond acceptors (Lipinski definition) is 5. The molecule has 5 atom stereocenters. The van der Waals surface area contributed by atoms with Crippen LogP contribution in [-0.4, -0.2) is 60.6 Å². The van der Waals surface area contributed by atoms with Crippen LogP contribution in [0.25, 0.3) is 0 Å². The summed E-state index contributed by atoms with van der Waals surface area (Å²) in [5, 5.41) is 5.62. The first-order valence-electron chi connectivity index (χ1n) is 10.3. The van der Waals surface area contributed by atoms with Gasteiger partial charge in [0, 0.05) is 19.6 Å². The first kappa shape index (κ1) is 19.1. The fourth-order valence-electron chi connectivity index (χ4n) is 5.15. The minimum atomic E-state index is -1.08. The molecule has 4 aliphatic rings. The van der Waals surface area contributed by atoms with Gasteiger partial charge < -0.3 is 25.0 Å². The van der Waals surface area contributed by atoms with Crippen LogP contribution in [0.2, 0.25) is 0 Å². The molecule has 1 aromatic carbocycles. The van der Waals surface area contributed by atoms with Crippen LogP contribution >= 0.6 is 0 Å². The van der Waals surface area contributed by atoms with Crippen LogP contribution in [0.1, 0.15) is 18.4 Å². The first-order valence-corrected chi connectivity index (χ1v) is 10.3. The summed E-state index contributed by atoms with van der Waals surface area (Å²) in [6.07, 6.45) is 4.92. The van der Waals surface area contributed by atoms with Crippen molar-refractivity contribution in [2.75, 3.05) is 14.2 Å². The number of hydrogen-bond donors (Lipinski definition) is 2. The molecule has 1 saturated carbocycles. The standard InChI is InChI=1S/C22H25N3O5/c1-23-19(26)16-15-9-10-22(30-15)17(16)21(28)25(13-5-6-13)18(22)20(27)24-11-12-3-7-14(29-2)8-4-12/h3-4,7-10,13,15-18H,5-6,11H2,1-2H3,(H,23,26)(H,24,27)/t15-,16+,17-,18+,22-/m0/s1. The van der Waals surface area contributed by atoms with Gasteiger partial charge in [0.25, 0.3) is 0 Å². The van der Waals surface area contributed by atoms with E-state index in [0.717, 1.165) is 24.2 Å². The molecule has 0 unspecified atom stereocenters. The highest BCUT2D eigenvalue weighted by Crippen LogP contribution is 2.56. The van der Waals surface area contributed by atoms with Crippen molar-refractivity contribution in [2.45, 2.75) is 43.2 Å². The second-order valence-corrected chi connectivity index (χ2v) is 8.36. The summed E-state index contributed by atoms with van der Waals surface area (Å²) in [5.74, 6) is -1.15. The van der Waals surface area contributed by atoms with Gasteiger partial charge in [0.15, 0.2) is 0 Å². The minimum absolute atomic E-state index is 0.0376. The van der Waals surface area contributed by atoms with Gasteiger partial charge in [0.2, 0.25) is 17.7 Å². The molecule has 30 heavy (non-hydrogen) atoms. The van der Waals surface area contributed by atoms with Gasteiger partial charge in [-0.1, -0.05) is 24.3 Å². The quantitative estimate of drug-likeness (QED) is 0.660. The van der Waals surface area contributed by atoms with Crippen LogP contribution in [0.4, 0.5) is 0 Å². The van der Waals surface area contributed by atoms with Gasteiger partial charge in [-0.15, -0.1) is 0 Å². The van der Waals surface area contributed by atoms with E-state index in [9.17, 15) is 14.4 Å². The number of carbonyl (C=O) groups is 3. The maximum absolute atomic E-state index is 13.4. The van der Waals surface area contributed by atoms with E-state index >= 15 is 0 Å². The number of nitrogens with zero attached hydrogens (tertiary/aromatic N) is 1. The maximum Gasteiger partial charge on any atom is 0.246 e. The third kappa shape index (κ3) is 2.66. The van der Waals surface area contributed by atoms with E-state index in [1.165, 1.54) is 0 Å². The summed E-state index contributed by atoms with van der Waals surface area (Å²) >= 11 is 0. The van der Waals surface area contributed by atoms with Crippen LogP contribution in [0.5, 0.6) is 5.75 Å². The summed E-state index contributed by atoms with van der Waals surface area (Å²) < 4.78 is 11.4. The molecule has 0 radical (unpaired) electrons. The molecule has 1 aromatic rings. The lowest BCUT2D eigenvalue weighted by Gasteiger charge is -2.32. The first-order chi connectivity index (χ1) is 14.5. The highest BCUT2D eigenvalue weighted by atomic mass is 16.5. The maximum atomic E-state index is 13.4. The number of benzene rings is 1. The fourth-order valence-corrected chi connectivity index (χ4v) is 5.15. The molecule has 2 bridgehead atoms. The number of ether oxygens (including phenoxy) is 2. The van der Waals surface area contributed by atoms with Crippen molar-refractivity contribution >= 4 is 17.7 Å². The highest BCUT2D eigenvalue weighted by Gasteiger charge is 2.73. The van der Waals surface area contributed by atoms with E-state index in [4.69, 9.17) is 9.47 Å². The predicted molar refractivity (Wildman–Crippen MR) is 106 cm³/mol. The van der Waals surface area contributed by atoms with E-state index in [0.29, 0.717) is 6.54 Å². The largest absolute Gasteiger partial charge is 0.497 e. The monoisotopic (exact) mass is 411 g/mol. The summed E-state index contributed by atoms with van der Waals surface area (Å²) in [4.78, 5) is 40.9. The topological polar surface area (TPSA) is 97.0 Å².